The van der Waals surface area contributed by atoms with Crippen LogP contribution in [-0.4, -0.2) is 66.3 Å². The van der Waals surface area contributed by atoms with Gasteiger partial charge in [0.1, 0.15) is 18.1 Å². The molecule has 0 aromatic carbocycles. The second kappa shape index (κ2) is 8.23. The Bertz CT molecular complexity index is 1120. The second-order valence-corrected chi connectivity index (χ2v) is 8.52. The van der Waals surface area contributed by atoms with Gasteiger partial charge in [0, 0.05) is 31.4 Å². The van der Waals surface area contributed by atoms with E-state index < -0.39 is 6.09 Å². The van der Waals surface area contributed by atoms with Gasteiger partial charge >= 0.3 is 12.1 Å². The predicted octanol–water partition coefficient (Wildman–Crippen LogP) is 2.20. The normalized spacial score (nSPS) is 18.9. The molecule has 1 atom stereocenters. The zero-order chi connectivity index (χ0) is 23.1. The van der Waals surface area contributed by atoms with E-state index in [4.69, 9.17) is 4.74 Å². The van der Waals surface area contributed by atoms with Gasteiger partial charge in [0.2, 0.25) is 0 Å². The van der Waals surface area contributed by atoms with Gasteiger partial charge in [-0.05, 0) is 38.5 Å². The predicted molar refractivity (Wildman–Crippen MR) is 122 cm³/mol. The maximum atomic E-state index is 13.4. The Kier molecular flexibility index (Phi) is 5.23. The molecule has 5 heterocycles. The Balaban J connectivity index is 1.42. The van der Waals surface area contributed by atoms with Crippen LogP contribution in [-0.2, 0) is 4.74 Å². The van der Waals surface area contributed by atoms with Gasteiger partial charge in [0.15, 0.2) is 5.82 Å². The summed E-state index contributed by atoms with van der Waals surface area (Å²) in [6.07, 6.45) is 1.90. The zero-order valence-electron chi connectivity index (χ0n) is 18.4. The number of nitrogens with one attached hydrogen (secondary N) is 2. The zero-order valence-corrected chi connectivity index (χ0v) is 18.4. The molecule has 3 aliphatic heterocycles. The maximum absolute atomic E-state index is 13.4. The van der Waals surface area contributed by atoms with Crippen molar-refractivity contribution in [2.24, 2.45) is 0 Å². The Morgan fingerprint density at radius 1 is 1.21 bits per heavy atom. The molecule has 2 aromatic rings. The number of pyridine rings is 2. The van der Waals surface area contributed by atoms with Crippen LogP contribution in [0.4, 0.5) is 32.6 Å². The van der Waals surface area contributed by atoms with Crippen molar-refractivity contribution in [3.8, 4) is 0 Å². The van der Waals surface area contributed by atoms with Gasteiger partial charge < -0.3 is 15.0 Å². The monoisotopic (exact) mass is 451 g/mol. The molecule has 33 heavy (non-hydrogen) atoms. The average molecular weight is 451 g/mol. The van der Waals surface area contributed by atoms with Crippen LogP contribution in [0.1, 0.15) is 30.8 Å². The maximum Gasteiger partial charge on any atom is 0.414 e. The number of hydrogen-bond donors (Lipinski definition) is 2. The first-order valence-corrected chi connectivity index (χ1v) is 11.0. The number of anilines is 4. The Morgan fingerprint density at radius 2 is 2.06 bits per heavy atom. The van der Waals surface area contributed by atoms with Crippen LogP contribution >= 0.6 is 0 Å². The molecule has 0 saturated carbocycles. The van der Waals surface area contributed by atoms with Crippen molar-refractivity contribution in [2.75, 3.05) is 46.3 Å². The first-order chi connectivity index (χ1) is 15.9. The lowest BCUT2D eigenvalue weighted by Gasteiger charge is -2.35. The van der Waals surface area contributed by atoms with Crippen molar-refractivity contribution < 1.29 is 19.1 Å². The smallest absolute Gasteiger partial charge is 0.414 e. The number of carbonyl (C=O) groups excluding carboxylic acids is 3. The highest BCUT2D eigenvalue weighted by molar-refractivity contribution is 6.05. The highest BCUT2D eigenvalue weighted by Gasteiger charge is 2.40. The highest BCUT2D eigenvalue weighted by atomic mass is 16.6. The summed E-state index contributed by atoms with van der Waals surface area (Å²) >= 11 is 0. The molecule has 0 unspecified atom stereocenters. The summed E-state index contributed by atoms with van der Waals surface area (Å²) in [6.45, 7) is 6.04. The van der Waals surface area contributed by atoms with Crippen molar-refractivity contribution in [3.05, 3.63) is 36.2 Å². The van der Waals surface area contributed by atoms with Crippen LogP contribution < -0.4 is 25.3 Å². The van der Waals surface area contributed by atoms with Crippen molar-refractivity contribution in [3.63, 3.8) is 0 Å². The number of urea groups is 1. The Hall–Kier alpha value is -3.89. The summed E-state index contributed by atoms with van der Waals surface area (Å²) in [5.74, 6) is 0.484. The molecule has 11 heteroatoms. The molecule has 2 N–H and O–H groups in total. The molecule has 4 amide bonds. The lowest BCUT2D eigenvalue weighted by atomic mass is 10.1. The number of cyclic esters (lactones) is 1. The molecular formula is C22H25N7O4. The largest absolute Gasteiger partial charge is 0.447 e. The summed E-state index contributed by atoms with van der Waals surface area (Å²) in [5.41, 5.74) is 1.68. The number of amides is 4. The minimum Gasteiger partial charge on any atom is -0.447 e. The van der Waals surface area contributed by atoms with Gasteiger partial charge in [-0.15, -0.1) is 0 Å². The minimum absolute atomic E-state index is 0.0269. The third-order valence-corrected chi connectivity index (χ3v) is 5.87. The van der Waals surface area contributed by atoms with Gasteiger partial charge in [-0.25, -0.2) is 19.6 Å². The van der Waals surface area contributed by atoms with Crippen molar-refractivity contribution in [2.45, 2.75) is 32.4 Å². The number of rotatable bonds is 4. The summed E-state index contributed by atoms with van der Waals surface area (Å²) < 4.78 is 4.99. The first kappa shape index (κ1) is 21.0. The summed E-state index contributed by atoms with van der Waals surface area (Å²) in [7, 11) is 0. The van der Waals surface area contributed by atoms with E-state index in [9.17, 15) is 14.4 Å². The lowest BCUT2D eigenvalue weighted by Crippen LogP contribution is -2.48. The van der Waals surface area contributed by atoms with Gasteiger partial charge in [-0.2, -0.15) is 0 Å². The Labute approximate surface area is 190 Å². The minimum atomic E-state index is -0.425. The number of carbonyl (C=O) groups is 3. The van der Waals surface area contributed by atoms with Gasteiger partial charge in [0.25, 0.3) is 5.91 Å². The van der Waals surface area contributed by atoms with Crippen molar-refractivity contribution in [1.29, 1.82) is 0 Å². The molecule has 2 fully saturated rings. The highest BCUT2D eigenvalue weighted by Crippen LogP contribution is 2.39. The molecule has 0 aliphatic carbocycles. The van der Waals surface area contributed by atoms with E-state index in [1.54, 1.807) is 23.1 Å². The Morgan fingerprint density at radius 3 is 2.82 bits per heavy atom. The second-order valence-electron chi connectivity index (χ2n) is 8.52. The number of aromatic nitrogens is 2. The molecule has 5 rings (SSSR count). The van der Waals surface area contributed by atoms with Crippen LogP contribution in [0.25, 0.3) is 0 Å². The fourth-order valence-corrected chi connectivity index (χ4v) is 4.39. The van der Waals surface area contributed by atoms with E-state index in [1.165, 1.54) is 11.1 Å². The van der Waals surface area contributed by atoms with Crippen LogP contribution in [0.15, 0.2) is 30.5 Å². The fraction of sp³-hybridized carbons (Fsp3) is 0.409. The number of hydrogen-bond acceptors (Lipinski definition) is 7. The molecule has 0 radical (unpaired) electrons. The van der Waals surface area contributed by atoms with Crippen LogP contribution in [0.3, 0.4) is 0 Å². The lowest BCUT2D eigenvalue weighted by molar-refractivity contribution is 0.0938. The van der Waals surface area contributed by atoms with Gasteiger partial charge in [-0.1, -0.05) is 0 Å². The molecular weight excluding hydrogens is 426 g/mol. The van der Waals surface area contributed by atoms with E-state index in [-0.39, 0.29) is 29.7 Å². The van der Waals surface area contributed by atoms with Gasteiger partial charge in [0.05, 0.1) is 24.0 Å². The van der Waals surface area contributed by atoms with E-state index in [2.05, 4.69) is 25.5 Å². The summed E-state index contributed by atoms with van der Waals surface area (Å²) in [6, 6.07) is 6.38. The van der Waals surface area contributed by atoms with E-state index in [0.717, 1.165) is 18.7 Å². The SMILES string of the molecule is CC(C)NC(=O)c1ccc2c(n1)N(C(=O)Nc1cc(N3CCOC3=O)ccn1)[C@H]1CCN2C1. The third-order valence-electron chi connectivity index (χ3n) is 5.87. The number of nitrogens with zero attached hydrogens (tertiary/aromatic N) is 5. The molecule has 2 saturated heterocycles. The average Bonchev–Trinajstić information content (AvgIpc) is 3.40. The third kappa shape index (κ3) is 3.90. The quantitative estimate of drug-likeness (QED) is 0.731. The molecule has 172 valence electrons. The molecule has 2 bridgehead atoms. The van der Waals surface area contributed by atoms with Crippen molar-refractivity contribution in [1.82, 2.24) is 15.3 Å². The molecule has 0 spiro atoms. The topological polar surface area (TPSA) is 120 Å². The van der Waals surface area contributed by atoms with Crippen LogP contribution in [0.5, 0.6) is 0 Å². The van der Waals surface area contributed by atoms with E-state index in [1.807, 2.05) is 19.9 Å². The standard InChI is InChI=1S/C22H25N7O4/c1-13(2)24-20(30)16-3-4-17-19(25-16)29(15-6-8-27(17)12-15)21(31)26-18-11-14(5-7-23-18)28-9-10-33-22(28)32/h3-5,7,11,13,15H,6,8-10,12H2,1-2H3,(H,24,30)(H,23,26,31)/t15-/m0/s1. The number of ether oxygens (including phenoxy) is 1. The van der Waals surface area contributed by atoms with E-state index >= 15 is 0 Å². The summed E-state index contributed by atoms with van der Waals surface area (Å²) in [4.78, 5) is 51.9. The van der Waals surface area contributed by atoms with Crippen LogP contribution in [0.2, 0.25) is 0 Å². The van der Waals surface area contributed by atoms with Crippen LogP contribution in [0, 0.1) is 0 Å². The summed E-state index contributed by atoms with van der Waals surface area (Å²) in [5, 5.41) is 5.67. The molecule has 11 nitrogen and oxygen atoms in total. The van der Waals surface area contributed by atoms with Gasteiger partial charge in [-0.3, -0.25) is 19.9 Å². The number of fused-ring (bicyclic) bond motifs is 4. The molecule has 2 aromatic heterocycles. The molecule has 3 aliphatic rings. The first-order valence-electron chi connectivity index (χ1n) is 11.0. The fourth-order valence-electron chi connectivity index (χ4n) is 4.39. The van der Waals surface area contributed by atoms with E-state index in [0.29, 0.717) is 37.0 Å². The van der Waals surface area contributed by atoms with Crippen molar-refractivity contribution >= 4 is 41.0 Å².